The molecule has 0 radical (unpaired) electrons. The minimum absolute atomic E-state index is 0. The fourth-order valence-electron chi connectivity index (χ4n) is 7.20. The van der Waals surface area contributed by atoms with E-state index in [9.17, 15) is 24.3 Å². The van der Waals surface area contributed by atoms with Crippen molar-refractivity contribution in [3.05, 3.63) is 35.9 Å². The molecule has 54 heavy (non-hydrogen) atoms. The first kappa shape index (κ1) is 52.1. The number of aliphatic hydroxyl groups excluding tert-OH is 1. The quantitative estimate of drug-likeness (QED) is 0.153. The topological polar surface area (TPSA) is 129 Å². The molecule has 11 nitrogen and oxygen atoms in total. The molecule has 1 aromatic carbocycles. The fraction of sp³-hybridized carbons (Fsp3) is 0.762. The molecule has 0 saturated carbocycles. The Labute approximate surface area is 349 Å². The molecule has 0 bridgehead atoms. The second-order valence-electron chi connectivity index (χ2n) is 16.0. The summed E-state index contributed by atoms with van der Waals surface area (Å²) in [6, 6.07) is 8.57. The number of hydrogen-bond donors (Lipinski definition) is 2. The summed E-state index contributed by atoms with van der Waals surface area (Å²) in [5.41, 5.74) is 0.730. The van der Waals surface area contributed by atoms with Gasteiger partial charge in [-0.2, -0.15) is 0 Å². The van der Waals surface area contributed by atoms with E-state index in [0.29, 0.717) is 24.9 Å². The van der Waals surface area contributed by atoms with Crippen molar-refractivity contribution in [3.63, 3.8) is 0 Å². The fourth-order valence-corrected chi connectivity index (χ4v) is 7.20. The van der Waals surface area contributed by atoms with Gasteiger partial charge in [-0.15, -0.1) is 0 Å². The first-order chi connectivity index (χ1) is 24.9. The SMILES string of the molecule is CC(C)C([C-]=O)N(C)C(C)C.CCC(C)C(C(CC(=O)N1CCCC1C(OC)C(C)C(=O)NC(C)C(O)c1ccccc1)OC)N(C)C(=O)CC(C)C.[Na+]. The van der Waals surface area contributed by atoms with Crippen LogP contribution in [0.4, 0.5) is 0 Å². The zero-order valence-electron chi connectivity index (χ0n) is 36.3. The smallest absolute Gasteiger partial charge is 0.540 e. The third-order valence-electron chi connectivity index (χ3n) is 10.9. The number of rotatable bonds is 20. The number of aliphatic hydroxyl groups is 1. The Hall–Kier alpha value is -1.86. The molecule has 3 amide bonds. The molecule has 1 fully saturated rings. The van der Waals surface area contributed by atoms with E-state index in [-0.39, 0.29) is 83.7 Å². The molecule has 1 aliphatic heterocycles. The van der Waals surface area contributed by atoms with Crippen molar-refractivity contribution < 1.29 is 63.3 Å². The third-order valence-corrected chi connectivity index (χ3v) is 10.9. The summed E-state index contributed by atoms with van der Waals surface area (Å²) in [6.07, 6.45) is 3.20. The summed E-state index contributed by atoms with van der Waals surface area (Å²) in [5, 5.41) is 13.7. The Kier molecular flexibility index (Phi) is 25.2. The maximum Gasteiger partial charge on any atom is 1.00 e. The first-order valence-corrected chi connectivity index (χ1v) is 19.6. The molecule has 304 valence electrons. The molecule has 1 saturated heterocycles. The van der Waals surface area contributed by atoms with Crippen LogP contribution in [0.2, 0.25) is 0 Å². The minimum Gasteiger partial charge on any atom is -0.540 e. The summed E-state index contributed by atoms with van der Waals surface area (Å²) in [6.45, 7) is 20.6. The van der Waals surface area contributed by atoms with Crippen LogP contribution in [0.5, 0.6) is 0 Å². The molecule has 9 unspecified atom stereocenters. The summed E-state index contributed by atoms with van der Waals surface area (Å²) in [7, 11) is 6.95. The van der Waals surface area contributed by atoms with Gasteiger partial charge in [-0.3, -0.25) is 14.4 Å². The van der Waals surface area contributed by atoms with E-state index < -0.39 is 30.3 Å². The van der Waals surface area contributed by atoms with Crippen LogP contribution in [-0.2, 0) is 28.7 Å². The van der Waals surface area contributed by atoms with Gasteiger partial charge in [0.1, 0.15) is 0 Å². The molecule has 1 heterocycles. The van der Waals surface area contributed by atoms with Crippen LogP contribution >= 0.6 is 0 Å². The van der Waals surface area contributed by atoms with Crippen LogP contribution in [0.3, 0.4) is 0 Å². The van der Waals surface area contributed by atoms with Crippen LogP contribution in [-0.4, -0.2) is 121 Å². The van der Waals surface area contributed by atoms with Crippen LogP contribution in [0.15, 0.2) is 30.3 Å². The molecule has 1 aromatic rings. The number of carbonyl (C=O) groups is 3. The van der Waals surface area contributed by atoms with E-state index in [2.05, 4.69) is 39.3 Å². The monoisotopic (exact) mass is 769 g/mol. The Morgan fingerprint density at radius 3 is 2.00 bits per heavy atom. The number of nitrogens with zero attached hydrogens (tertiary/aromatic N) is 3. The van der Waals surface area contributed by atoms with Crippen molar-refractivity contribution in [2.24, 2.45) is 23.7 Å². The van der Waals surface area contributed by atoms with E-state index in [1.54, 1.807) is 33.0 Å². The van der Waals surface area contributed by atoms with Gasteiger partial charge in [-0.25, -0.2) is 6.29 Å². The summed E-state index contributed by atoms with van der Waals surface area (Å²) < 4.78 is 11.8. The number of benzene rings is 1. The Morgan fingerprint density at radius 1 is 0.963 bits per heavy atom. The normalized spacial score (nSPS) is 18.8. The molecule has 0 spiro atoms. The maximum atomic E-state index is 13.8. The number of hydrogen-bond acceptors (Lipinski definition) is 8. The molecule has 2 rings (SSSR count). The average molecular weight is 769 g/mol. The average Bonchev–Trinajstić information content (AvgIpc) is 3.61. The second-order valence-corrected chi connectivity index (χ2v) is 16.0. The largest absolute Gasteiger partial charge is 1.00 e. The van der Waals surface area contributed by atoms with Crippen molar-refractivity contribution in [1.29, 1.82) is 0 Å². The van der Waals surface area contributed by atoms with Gasteiger partial charge in [0.25, 0.3) is 0 Å². The van der Waals surface area contributed by atoms with Gasteiger partial charge in [0, 0.05) is 40.3 Å². The van der Waals surface area contributed by atoms with Gasteiger partial charge in [0.05, 0.1) is 48.8 Å². The molecule has 2 N–H and O–H groups in total. The van der Waals surface area contributed by atoms with Crippen LogP contribution in [0.1, 0.15) is 113 Å². The van der Waals surface area contributed by atoms with Gasteiger partial charge in [-0.1, -0.05) is 97.2 Å². The van der Waals surface area contributed by atoms with Gasteiger partial charge < -0.3 is 39.4 Å². The second kappa shape index (κ2) is 26.1. The van der Waals surface area contributed by atoms with E-state index in [1.807, 2.05) is 81.9 Å². The Bertz CT molecular complexity index is 1240. The number of ether oxygens (including phenoxy) is 2. The number of likely N-dealkylation sites (N-methyl/N-ethyl adjacent to an activating group) is 2. The Morgan fingerprint density at radius 2 is 1.56 bits per heavy atom. The summed E-state index contributed by atoms with van der Waals surface area (Å²) in [5.74, 6) is -0.0769. The standard InChI is InChI=1S/C33H55N3O6.C9H18NO.Na/c1-10-22(4)30(35(7)28(37)19-21(2)3)27(41-8)20-29(38)36-18-14-17-26(36)32(42-9)23(5)33(40)34-24(6)31(39)25-15-12-11-13-16-25;1-7(2)9(6-11)10(5)8(3)4;/h11-13,15-16,21-24,26-27,30-32,39H,10,14,17-20H2,1-9H3,(H,34,40);7-9H,1-5H3;/q;-1;+1. The van der Waals surface area contributed by atoms with Crippen molar-refractivity contribution in [2.75, 3.05) is 34.9 Å². The minimum atomic E-state index is -0.845. The van der Waals surface area contributed by atoms with Crippen LogP contribution < -0.4 is 34.9 Å². The number of nitrogens with one attached hydrogen (secondary N) is 1. The number of methoxy groups -OCH3 is 2. The Balaban J connectivity index is 0.00000202. The number of carbonyl (C=O) groups excluding carboxylic acids is 4. The molecule has 1 aliphatic rings. The zero-order chi connectivity index (χ0) is 40.6. The van der Waals surface area contributed by atoms with Gasteiger partial charge in [0.15, 0.2) is 0 Å². The molecule has 9 atom stereocenters. The van der Waals surface area contributed by atoms with Crippen molar-refractivity contribution in [2.45, 2.75) is 150 Å². The van der Waals surface area contributed by atoms with E-state index in [0.717, 1.165) is 24.8 Å². The third kappa shape index (κ3) is 15.6. The predicted octanol–water partition coefficient (Wildman–Crippen LogP) is 2.66. The predicted molar refractivity (Wildman–Crippen MR) is 212 cm³/mol. The molecule has 0 aliphatic carbocycles. The van der Waals surface area contributed by atoms with E-state index >= 15 is 0 Å². The van der Waals surface area contributed by atoms with Crippen molar-refractivity contribution in [3.8, 4) is 0 Å². The molecular weight excluding hydrogens is 695 g/mol. The molecule has 0 aromatic heterocycles. The van der Waals surface area contributed by atoms with Gasteiger partial charge in [0.2, 0.25) is 17.7 Å². The van der Waals surface area contributed by atoms with Gasteiger partial charge in [-0.05, 0) is 58.1 Å². The number of amides is 3. The molecule has 12 heteroatoms. The number of likely N-dealkylation sites (tertiary alicyclic amines) is 1. The van der Waals surface area contributed by atoms with Crippen LogP contribution in [0.25, 0.3) is 0 Å². The van der Waals surface area contributed by atoms with Crippen molar-refractivity contribution >= 4 is 24.0 Å². The summed E-state index contributed by atoms with van der Waals surface area (Å²) in [4.78, 5) is 56.3. The van der Waals surface area contributed by atoms with E-state index in [1.165, 1.54) is 0 Å². The molecular formula is C42H73N4NaO7. The maximum absolute atomic E-state index is 13.8. The van der Waals surface area contributed by atoms with Gasteiger partial charge >= 0.3 is 29.6 Å². The first-order valence-electron chi connectivity index (χ1n) is 19.6. The zero-order valence-corrected chi connectivity index (χ0v) is 38.3. The van der Waals surface area contributed by atoms with Crippen LogP contribution in [0, 0.1) is 23.7 Å². The summed E-state index contributed by atoms with van der Waals surface area (Å²) >= 11 is 0. The van der Waals surface area contributed by atoms with Crippen molar-refractivity contribution in [1.82, 2.24) is 20.0 Å². The van der Waals surface area contributed by atoms with E-state index in [4.69, 9.17) is 9.47 Å².